The molecule has 1 rings (SSSR count). The highest BCUT2D eigenvalue weighted by Crippen LogP contribution is 2.14. The molecule has 1 aliphatic heterocycles. The molecule has 12 heavy (non-hydrogen) atoms. The molecule has 1 aliphatic rings. The summed E-state index contributed by atoms with van der Waals surface area (Å²) in [7, 11) is 0. The summed E-state index contributed by atoms with van der Waals surface area (Å²) in [6.45, 7) is 6.33. The Hall–Kier alpha value is -1.05. The minimum absolute atomic E-state index is 0.209. The molecule has 0 bridgehead atoms. The smallest absolute Gasteiger partial charge is 0.149 e. The van der Waals surface area contributed by atoms with Gasteiger partial charge in [0.15, 0.2) is 0 Å². The van der Waals surface area contributed by atoms with Crippen molar-refractivity contribution in [2.24, 2.45) is 0 Å². The van der Waals surface area contributed by atoms with Crippen LogP contribution in [0.3, 0.4) is 0 Å². The van der Waals surface area contributed by atoms with Gasteiger partial charge in [0, 0.05) is 12.2 Å². The average Bonchev–Trinajstić information content (AvgIpc) is 1.98. The van der Waals surface area contributed by atoms with Crippen molar-refractivity contribution in [2.75, 3.05) is 6.54 Å². The Morgan fingerprint density at radius 3 is 2.92 bits per heavy atom. The fourth-order valence-electron chi connectivity index (χ4n) is 1.28. The van der Waals surface area contributed by atoms with Crippen molar-refractivity contribution in [3.05, 3.63) is 23.9 Å². The molecule has 0 saturated heterocycles. The van der Waals surface area contributed by atoms with Crippen molar-refractivity contribution in [2.45, 2.75) is 26.8 Å². The molecule has 0 aliphatic carbocycles. The van der Waals surface area contributed by atoms with E-state index in [0.717, 1.165) is 0 Å². The molecule has 2 nitrogen and oxygen atoms in total. The average molecular weight is 165 g/mol. The topological polar surface area (TPSA) is 20.3 Å². The number of hydrogen-bond donors (Lipinski definition) is 0. The summed E-state index contributed by atoms with van der Waals surface area (Å²) in [6, 6.07) is 0.360. The Kier molecular flexibility index (Phi) is 2.69. The van der Waals surface area contributed by atoms with Crippen LogP contribution in [0.5, 0.6) is 0 Å². The summed E-state index contributed by atoms with van der Waals surface area (Å²) < 4.78 is 0. The van der Waals surface area contributed by atoms with E-state index in [1.165, 1.54) is 5.57 Å². The maximum Gasteiger partial charge on any atom is 0.149 e. The second-order valence-electron chi connectivity index (χ2n) is 3.30. The Morgan fingerprint density at radius 2 is 2.33 bits per heavy atom. The minimum atomic E-state index is 0.209. The normalized spacial score (nSPS) is 22.4. The van der Waals surface area contributed by atoms with E-state index < -0.39 is 0 Å². The highest BCUT2D eigenvalue weighted by molar-refractivity contribution is 5.77. The van der Waals surface area contributed by atoms with Crippen LogP contribution in [0.25, 0.3) is 0 Å². The van der Waals surface area contributed by atoms with E-state index in [2.05, 4.69) is 24.8 Å². The molecule has 0 amide bonds. The van der Waals surface area contributed by atoms with Crippen molar-refractivity contribution in [3.8, 4) is 0 Å². The molecule has 0 radical (unpaired) electrons. The summed E-state index contributed by atoms with van der Waals surface area (Å²) in [5.41, 5.74) is 1.30. The molecule has 1 heterocycles. The number of nitrogens with zero attached hydrogens (tertiary/aromatic N) is 1. The highest BCUT2D eigenvalue weighted by Gasteiger charge is 2.14. The van der Waals surface area contributed by atoms with E-state index in [9.17, 15) is 4.79 Å². The van der Waals surface area contributed by atoms with Gasteiger partial charge in [0.25, 0.3) is 0 Å². The predicted molar refractivity (Wildman–Crippen MR) is 49.7 cm³/mol. The van der Waals surface area contributed by atoms with Gasteiger partial charge >= 0.3 is 0 Å². The zero-order chi connectivity index (χ0) is 9.14. The summed E-state index contributed by atoms with van der Waals surface area (Å²) in [4.78, 5) is 12.9. The van der Waals surface area contributed by atoms with Crippen LogP contribution in [-0.4, -0.2) is 23.3 Å². The first-order valence-corrected chi connectivity index (χ1v) is 4.21. The van der Waals surface area contributed by atoms with Gasteiger partial charge in [0.05, 0.1) is 6.54 Å². The number of carbonyl (C=O) groups excluding carboxylic acids is 1. The van der Waals surface area contributed by atoms with E-state index in [1.807, 2.05) is 12.3 Å². The SMILES string of the molecule is CC(=O)CN1C=CC=C(C)C1C. The van der Waals surface area contributed by atoms with Gasteiger partial charge in [-0.15, -0.1) is 0 Å². The van der Waals surface area contributed by atoms with E-state index in [-0.39, 0.29) is 5.78 Å². The molecule has 0 fully saturated rings. The number of allylic oxidation sites excluding steroid dienone is 2. The summed E-state index contributed by atoms with van der Waals surface area (Å²) in [5.74, 6) is 0.209. The first-order valence-electron chi connectivity index (χ1n) is 4.21. The zero-order valence-electron chi connectivity index (χ0n) is 7.87. The van der Waals surface area contributed by atoms with Crippen molar-refractivity contribution in [1.82, 2.24) is 4.90 Å². The molecule has 0 spiro atoms. The lowest BCUT2D eigenvalue weighted by molar-refractivity contribution is -0.117. The van der Waals surface area contributed by atoms with Crippen molar-refractivity contribution >= 4 is 5.78 Å². The summed E-state index contributed by atoms with van der Waals surface area (Å²) in [6.07, 6.45) is 6.04. The van der Waals surface area contributed by atoms with Crippen molar-refractivity contribution in [1.29, 1.82) is 0 Å². The predicted octanol–water partition coefficient (Wildman–Crippen LogP) is 1.74. The van der Waals surface area contributed by atoms with Gasteiger partial charge in [-0.25, -0.2) is 0 Å². The molecule has 0 aromatic heterocycles. The van der Waals surface area contributed by atoms with Gasteiger partial charge in [0.2, 0.25) is 0 Å². The van der Waals surface area contributed by atoms with Crippen LogP contribution in [0.15, 0.2) is 23.9 Å². The number of hydrogen-bond acceptors (Lipinski definition) is 2. The number of Topliss-reactive ketones (excluding diaryl/α,β-unsaturated/α-hetero) is 1. The van der Waals surface area contributed by atoms with E-state index in [4.69, 9.17) is 0 Å². The quantitative estimate of drug-likeness (QED) is 0.621. The first kappa shape index (κ1) is 9.04. The fourth-order valence-corrected chi connectivity index (χ4v) is 1.28. The van der Waals surface area contributed by atoms with E-state index in [0.29, 0.717) is 12.6 Å². The number of carbonyl (C=O) groups is 1. The minimum Gasteiger partial charge on any atom is -0.364 e. The third kappa shape index (κ3) is 1.97. The van der Waals surface area contributed by atoms with Crippen LogP contribution in [0, 0.1) is 0 Å². The van der Waals surface area contributed by atoms with Crippen LogP contribution in [0.1, 0.15) is 20.8 Å². The van der Waals surface area contributed by atoms with Crippen LogP contribution >= 0.6 is 0 Å². The third-order valence-corrected chi connectivity index (χ3v) is 2.20. The van der Waals surface area contributed by atoms with Crippen molar-refractivity contribution < 1.29 is 4.79 Å². The summed E-state index contributed by atoms with van der Waals surface area (Å²) in [5, 5.41) is 0. The standard InChI is InChI=1S/C10H15NO/c1-8-5-4-6-11(10(8)3)7-9(2)12/h4-6,10H,7H2,1-3H3. The highest BCUT2D eigenvalue weighted by atomic mass is 16.1. The lowest BCUT2D eigenvalue weighted by atomic mass is 10.1. The molecule has 0 aromatic carbocycles. The monoisotopic (exact) mass is 165 g/mol. The number of ketones is 1. The lowest BCUT2D eigenvalue weighted by Crippen LogP contribution is -2.34. The maximum absolute atomic E-state index is 10.9. The van der Waals surface area contributed by atoms with Crippen LogP contribution < -0.4 is 0 Å². The molecule has 66 valence electrons. The van der Waals surface area contributed by atoms with Crippen LogP contribution in [-0.2, 0) is 4.79 Å². The van der Waals surface area contributed by atoms with Gasteiger partial charge in [-0.1, -0.05) is 11.6 Å². The lowest BCUT2D eigenvalue weighted by Gasteiger charge is -2.29. The van der Waals surface area contributed by atoms with Gasteiger partial charge in [-0.05, 0) is 26.8 Å². The third-order valence-electron chi connectivity index (χ3n) is 2.20. The molecular formula is C10H15NO. The Morgan fingerprint density at radius 1 is 1.67 bits per heavy atom. The molecule has 1 unspecified atom stereocenters. The Labute approximate surface area is 73.6 Å². The molecule has 0 N–H and O–H groups in total. The summed E-state index contributed by atoms with van der Waals surface area (Å²) >= 11 is 0. The number of rotatable bonds is 2. The van der Waals surface area contributed by atoms with Gasteiger partial charge in [-0.3, -0.25) is 4.79 Å². The second-order valence-corrected chi connectivity index (χ2v) is 3.30. The first-order chi connectivity index (χ1) is 5.61. The Balaban J connectivity index is 2.63. The zero-order valence-corrected chi connectivity index (χ0v) is 7.87. The van der Waals surface area contributed by atoms with E-state index >= 15 is 0 Å². The van der Waals surface area contributed by atoms with Gasteiger partial charge in [0.1, 0.15) is 5.78 Å². The molecule has 2 heteroatoms. The molecule has 0 saturated carbocycles. The van der Waals surface area contributed by atoms with E-state index in [1.54, 1.807) is 6.92 Å². The van der Waals surface area contributed by atoms with Crippen LogP contribution in [0.2, 0.25) is 0 Å². The largest absolute Gasteiger partial charge is 0.364 e. The van der Waals surface area contributed by atoms with Gasteiger partial charge in [-0.2, -0.15) is 0 Å². The van der Waals surface area contributed by atoms with Crippen molar-refractivity contribution in [3.63, 3.8) is 0 Å². The second kappa shape index (κ2) is 3.57. The fraction of sp³-hybridized carbons (Fsp3) is 0.500. The molecular weight excluding hydrogens is 150 g/mol. The maximum atomic E-state index is 10.9. The molecule has 1 atom stereocenters. The van der Waals surface area contributed by atoms with Gasteiger partial charge < -0.3 is 4.90 Å². The Bertz CT molecular complexity index is 240. The molecule has 0 aromatic rings. The van der Waals surface area contributed by atoms with Crippen LogP contribution in [0.4, 0.5) is 0 Å².